The monoisotopic (exact) mass is 639 g/mol. The topological polar surface area (TPSA) is 80.6 Å². The number of hydrogen-bond acceptors (Lipinski definition) is 6. The van der Waals surface area contributed by atoms with Crippen LogP contribution in [0.4, 0.5) is 0 Å². The van der Waals surface area contributed by atoms with Crippen molar-refractivity contribution in [3.63, 3.8) is 0 Å². The van der Waals surface area contributed by atoms with Crippen LogP contribution < -0.4 is 4.74 Å². The number of amides is 2. The molecule has 1 fully saturated rings. The summed E-state index contributed by atoms with van der Waals surface area (Å²) in [6.45, 7) is 8.60. The molecule has 2 amide bonds. The van der Waals surface area contributed by atoms with Gasteiger partial charge in [-0.15, -0.1) is 10.2 Å². The molecule has 0 N–H and O–H groups in total. The molecule has 3 aromatic carbocycles. The molecular formula is C37H45N5O3S. The number of rotatable bonds is 14. The normalized spacial score (nSPS) is 14.8. The van der Waals surface area contributed by atoms with Crippen LogP contribution in [0.2, 0.25) is 0 Å². The van der Waals surface area contributed by atoms with Crippen LogP contribution in [-0.4, -0.2) is 74.4 Å². The number of aromatic nitrogens is 3. The van der Waals surface area contributed by atoms with E-state index in [4.69, 9.17) is 4.74 Å². The Morgan fingerprint density at radius 3 is 2.41 bits per heavy atom. The molecule has 0 aliphatic carbocycles. The molecule has 0 bridgehead atoms. The first-order valence-electron chi connectivity index (χ1n) is 16.4. The van der Waals surface area contributed by atoms with Crippen molar-refractivity contribution in [2.75, 3.05) is 32.0 Å². The number of benzene rings is 3. The smallest absolute Gasteiger partial charge is 0.254 e. The molecule has 0 saturated carbocycles. The molecule has 2 heterocycles. The highest BCUT2D eigenvalue weighted by Gasteiger charge is 2.30. The maximum absolute atomic E-state index is 13.2. The predicted octanol–water partition coefficient (Wildman–Crippen LogP) is 6.98. The standard InChI is InChI=1S/C37H45N5O3S/c1-4-5-24-45-32-20-18-31(19-21-32)36(44)41-23-22-40(27-29(41)3)35(43)17-11-12-25-46-37-39-38-34(26-30-14-7-6-8-15-30)42(37)33-16-10-9-13-28(33)2/h6-10,13-16,18-21,29H,4-5,11-12,17,22-27H2,1-3H3. The van der Waals surface area contributed by atoms with Gasteiger partial charge in [-0.3, -0.25) is 14.2 Å². The van der Waals surface area contributed by atoms with E-state index in [1.807, 2.05) is 71.3 Å². The molecule has 46 heavy (non-hydrogen) atoms. The summed E-state index contributed by atoms with van der Waals surface area (Å²) in [7, 11) is 0. The minimum Gasteiger partial charge on any atom is -0.494 e. The Kier molecular flexibility index (Phi) is 11.9. The van der Waals surface area contributed by atoms with Crippen molar-refractivity contribution in [1.29, 1.82) is 0 Å². The Labute approximate surface area is 277 Å². The van der Waals surface area contributed by atoms with Crippen molar-refractivity contribution in [3.05, 3.63) is 101 Å². The van der Waals surface area contributed by atoms with Gasteiger partial charge < -0.3 is 14.5 Å². The molecule has 5 rings (SSSR count). The van der Waals surface area contributed by atoms with Gasteiger partial charge in [-0.1, -0.05) is 73.6 Å². The lowest BCUT2D eigenvalue weighted by Crippen LogP contribution is -2.55. The van der Waals surface area contributed by atoms with Gasteiger partial charge in [0.1, 0.15) is 11.6 Å². The Morgan fingerprint density at radius 2 is 1.67 bits per heavy atom. The molecule has 4 aromatic rings. The molecule has 1 atom stereocenters. The Morgan fingerprint density at radius 1 is 0.913 bits per heavy atom. The SMILES string of the molecule is CCCCOc1ccc(C(=O)N2CCN(C(=O)CCCCSc3nnc(Cc4ccccc4)n3-c3ccccc3C)CC2C)cc1. The molecule has 1 unspecified atom stereocenters. The van der Waals surface area contributed by atoms with E-state index in [9.17, 15) is 9.59 Å². The molecule has 9 heteroatoms. The third-order valence-corrected chi connectivity index (χ3v) is 9.40. The first kappa shape index (κ1) is 33.3. The molecule has 0 spiro atoms. The molecule has 0 radical (unpaired) electrons. The van der Waals surface area contributed by atoms with E-state index in [0.717, 1.165) is 53.9 Å². The predicted molar refractivity (Wildman–Crippen MR) is 184 cm³/mol. The molecular weight excluding hydrogens is 595 g/mol. The van der Waals surface area contributed by atoms with E-state index >= 15 is 0 Å². The van der Waals surface area contributed by atoms with Gasteiger partial charge in [0, 0.05) is 49.8 Å². The van der Waals surface area contributed by atoms with E-state index in [2.05, 4.69) is 52.9 Å². The number of carbonyl (C=O) groups excluding carboxylic acids is 2. The van der Waals surface area contributed by atoms with Gasteiger partial charge in [0.25, 0.3) is 5.91 Å². The van der Waals surface area contributed by atoms with Crippen LogP contribution in [-0.2, 0) is 11.2 Å². The molecule has 8 nitrogen and oxygen atoms in total. The molecule has 242 valence electrons. The number of para-hydroxylation sites is 1. The van der Waals surface area contributed by atoms with E-state index in [1.54, 1.807) is 11.8 Å². The van der Waals surface area contributed by atoms with Gasteiger partial charge in [0.2, 0.25) is 5.91 Å². The number of carbonyl (C=O) groups is 2. The molecule has 1 saturated heterocycles. The summed E-state index contributed by atoms with van der Waals surface area (Å²) in [5.74, 6) is 2.71. The van der Waals surface area contributed by atoms with Gasteiger partial charge in [-0.2, -0.15) is 0 Å². The third-order valence-electron chi connectivity index (χ3n) is 8.39. The van der Waals surface area contributed by atoms with Crippen molar-refractivity contribution in [2.45, 2.75) is 70.5 Å². The number of ether oxygens (including phenoxy) is 1. The van der Waals surface area contributed by atoms with Crippen LogP contribution >= 0.6 is 11.8 Å². The summed E-state index contributed by atoms with van der Waals surface area (Å²) in [5.41, 5.74) is 4.11. The lowest BCUT2D eigenvalue weighted by Gasteiger charge is -2.40. The van der Waals surface area contributed by atoms with Gasteiger partial charge in [0.15, 0.2) is 5.16 Å². The van der Waals surface area contributed by atoms with Gasteiger partial charge in [0.05, 0.1) is 12.3 Å². The fourth-order valence-corrected chi connectivity index (χ4v) is 6.69. The van der Waals surface area contributed by atoms with E-state index < -0.39 is 0 Å². The largest absolute Gasteiger partial charge is 0.494 e. The second-order valence-corrected chi connectivity index (χ2v) is 13.0. The Hall–Kier alpha value is -4.11. The first-order chi connectivity index (χ1) is 22.4. The summed E-state index contributed by atoms with van der Waals surface area (Å²) in [6, 6.07) is 26.0. The maximum Gasteiger partial charge on any atom is 0.254 e. The maximum atomic E-state index is 13.2. The van der Waals surface area contributed by atoms with Gasteiger partial charge in [-0.05, 0) is 74.6 Å². The summed E-state index contributed by atoms with van der Waals surface area (Å²) >= 11 is 1.69. The van der Waals surface area contributed by atoms with Crippen molar-refractivity contribution >= 4 is 23.6 Å². The molecule has 1 aromatic heterocycles. The van der Waals surface area contributed by atoms with Crippen LogP contribution in [0.15, 0.2) is 84.0 Å². The lowest BCUT2D eigenvalue weighted by molar-refractivity contribution is -0.133. The number of thioether (sulfide) groups is 1. The molecule has 1 aliphatic heterocycles. The van der Waals surface area contributed by atoms with Crippen LogP contribution in [0.1, 0.15) is 73.3 Å². The minimum atomic E-state index is -0.0425. The average Bonchev–Trinajstić information content (AvgIpc) is 3.46. The van der Waals surface area contributed by atoms with Crippen molar-refractivity contribution in [3.8, 4) is 11.4 Å². The minimum absolute atomic E-state index is 0.00204. The number of aryl methyl sites for hydroxylation is 1. The van der Waals surface area contributed by atoms with E-state index in [0.29, 0.717) is 44.6 Å². The van der Waals surface area contributed by atoms with Crippen LogP contribution in [0, 0.1) is 6.92 Å². The zero-order valence-corrected chi connectivity index (χ0v) is 28.0. The highest BCUT2D eigenvalue weighted by molar-refractivity contribution is 7.99. The third kappa shape index (κ3) is 8.57. The van der Waals surface area contributed by atoms with Crippen molar-refractivity contribution in [2.24, 2.45) is 0 Å². The number of nitrogens with zero attached hydrogens (tertiary/aromatic N) is 5. The Balaban J connectivity index is 1.09. The van der Waals surface area contributed by atoms with E-state index in [1.165, 1.54) is 11.1 Å². The zero-order chi connectivity index (χ0) is 32.3. The fourth-order valence-electron chi connectivity index (χ4n) is 5.72. The highest BCUT2D eigenvalue weighted by Crippen LogP contribution is 2.27. The van der Waals surface area contributed by atoms with Crippen LogP contribution in [0.5, 0.6) is 5.75 Å². The van der Waals surface area contributed by atoms with Gasteiger partial charge >= 0.3 is 0 Å². The van der Waals surface area contributed by atoms with Crippen LogP contribution in [0.25, 0.3) is 5.69 Å². The summed E-state index contributed by atoms with van der Waals surface area (Å²) in [4.78, 5) is 30.1. The summed E-state index contributed by atoms with van der Waals surface area (Å²) in [6.07, 6.45) is 5.01. The van der Waals surface area contributed by atoms with Crippen molar-refractivity contribution in [1.82, 2.24) is 24.6 Å². The fraction of sp³-hybridized carbons (Fsp3) is 0.405. The second-order valence-electron chi connectivity index (χ2n) is 11.9. The summed E-state index contributed by atoms with van der Waals surface area (Å²) in [5, 5.41) is 10.0. The first-order valence-corrected chi connectivity index (χ1v) is 17.4. The quantitative estimate of drug-likeness (QED) is 0.109. The van der Waals surface area contributed by atoms with Gasteiger partial charge in [-0.25, -0.2) is 0 Å². The summed E-state index contributed by atoms with van der Waals surface area (Å²) < 4.78 is 7.91. The highest BCUT2D eigenvalue weighted by atomic mass is 32.2. The lowest BCUT2D eigenvalue weighted by atomic mass is 10.1. The van der Waals surface area contributed by atoms with Crippen molar-refractivity contribution < 1.29 is 14.3 Å². The molecule has 1 aliphatic rings. The van der Waals surface area contributed by atoms with E-state index in [-0.39, 0.29) is 17.9 Å². The number of unbranched alkanes of at least 4 members (excludes halogenated alkanes) is 2. The number of piperazine rings is 1. The second kappa shape index (κ2) is 16.5. The number of hydrogen-bond donors (Lipinski definition) is 0. The van der Waals surface area contributed by atoms with Crippen LogP contribution in [0.3, 0.4) is 0 Å². The zero-order valence-electron chi connectivity index (χ0n) is 27.2. The average molecular weight is 640 g/mol. The Bertz CT molecular complexity index is 1570.